The molecule has 0 saturated heterocycles. The molecule has 0 fully saturated rings. The van der Waals surface area contributed by atoms with E-state index in [0.29, 0.717) is 0 Å². The molecule has 0 bridgehead atoms. The van der Waals surface area contributed by atoms with Gasteiger partial charge in [-0.25, -0.2) is 0 Å². The fourth-order valence-electron chi connectivity index (χ4n) is 2.17. The van der Waals surface area contributed by atoms with E-state index < -0.39 is 5.97 Å². The van der Waals surface area contributed by atoms with Crippen LogP contribution >= 0.6 is 11.3 Å². The molecule has 0 unspecified atom stereocenters. The van der Waals surface area contributed by atoms with Crippen molar-refractivity contribution in [3.8, 4) is 0 Å². The van der Waals surface area contributed by atoms with E-state index in [1.165, 1.54) is 10.1 Å². The molecule has 0 spiro atoms. The van der Waals surface area contributed by atoms with Gasteiger partial charge in [-0.3, -0.25) is 4.79 Å². The zero-order chi connectivity index (χ0) is 11.8. The van der Waals surface area contributed by atoms with Crippen LogP contribution in [0.5, 0.6) is 0 Å². The number of hydrogen-bond acceptors (Lipinski definition) is 2. The van der Waals surface area contributed by atoms with Crippen LogP contribution in [0.3, 0.4) is 0 Å². The Morgan fingerprint density at radius 1 is 1.18 bits per heavy atom. The minimum absolute atomic E-state index is 0.0814. The summed E-state index contributed by atoms with van der Waals surface area (Å²) in [5, 5.41) is 14.3. The monoisotopic (exact) mass is 242 g/mol. The molecule has 0 saturated carbocycles. The van der Waals surface area contributed by atoms with E-state index in [1.807, 2.05) is 35.7 Å². The van der Waals surface area contributed by atoms with Gasteiger partial charge in [0.1, 0.15) is 0 Å². The molecule has 3 aromatic rings. The largest absolute Gasteiger partial charge is 0.481 e. The number of benzene rings is 2. The van der Waals surface area contributed by atoms with Crippen molar-refractivity contribution >= 4 is 38.2 Å². The third-order valence-corrected chi connectivity index (χ3v) is 3.84. The first-order chi connectivity index (χ1) is 8.25. The molecule has 0 radical (unpaired) electrons. The average molecular weight is 242 g/mol. The van der Waals surface area contributed by atoms with Crippen LogP contribution in [0.15, 0.2) is 41.8 Å². The van der Waals surface area contributed by atoms with E-state index in [4.69, 9.17) is 5.11 Å². The predicted molar refractivity (Wildman–Crippen MR) is 70.7 cm³/mol. The van der Waals surface area contributed by atoms with E-state index in [9.17, 15) is 4.79 Å². The maximum Gasteiger partial charge on any atom is 0.307 e. The van der Waals surface area contributed by atoms with Gasteiger partial charge in [0.05, 0.1) is 6.42 Å². The Hall–Kier alpha value is -1.87. The topological polar surface area (TPSA) is 37.3 Å². The Kier molecular flexibility index (Phi) is 2.34. The minimum atomic E-state index is -0.784. The summed E-state index contributed by atoms with van der Waals surface area (Å²) < 4.78 is 1.18. The van der Waals surface area contributed by atoms with Crippen molar-refractivity contribution in [2.24, 2.45) is 0 Å². The van der Waals surface area contributed by atoms with Crippen molar-refractivity contribution < 1.29 is 9.90 Å². The molecule has 3 heteroatoms. The lowest BCUT2D eigenvalue weighted by molar-refractivity contribution is -0.136. The van der Waals surface area contributed by atoms with Gasteiger partial charge in [0.15, 0.2) is 0 Å². The van der Waals surface area contributed by atoms with Gasteiger partial charge < -0.3 is 5.11 Å². The molecule has 3 rings (SSSR count). The molecule has 0 aliphatic rings. The lowest BCUT2D eigenvalue weighted by Gasteiger charge is -2.05. The molecule has 1 aromatic heterocycles. The highest BCUT2D eigenvalue weighted by Gasteiger charge is 2.09. The smallest absolute Gasteiger partial charge is 0.307 e. The number of aliphatic carboxylic acids is 1. The van der Waals surface area contributed by atoms with Crippen LogP contribution in [0.4, 0.5) is 0 Å². The zero-order valence-electron chi connectivity index (χ0n) is 9.01. The molecule has 2 nitrogen and oxygen atoms in total. The van der Waals surface area contributed by atoms with E-state index in [0.717, 1.165) is 16.3 Å². The number of rotatable bonds is 2. The number of carboxylic acid groups (broad SMARTS) is 1. The second-order valence-electron chi connectivity index (χ2n) is 3.99. The summed E-state index contributed by atoms with van der Waals surface area (Å²) in [7, 11) is 0. The summed E-state index contributed by atoms with van der Waals surface area (Å²) in [6.45, 7) is 0. The van der Waals surface area contributed by atoms with Gasteiger partial charge >= 0.3 is 5.97 Å². The number of carboxylic acids is 1. The molecular weight excluding hydrogens is 232 g/mol. The van der Waals surface area contributed by atoms with Gasteiger partial charge in [-0.05, 0) is 39.2 Å². The third-order valence-electron chi connectivity index (χ3n) is 2.89. The van der Waals surface area contributed by atoms with Crippen molar-refractivity contribution in [1.82, 2.24) is 0 Å². The Morgan fingerprint density at radius 2 is 2.00 bits per heavy atom. The molecular formula is C14H10O2S. The predicted octanol–water partition coefficient (Wildman–Crippen LogP) is 3.68. The maximum absolute atomic E-state index is 10.9. The summed E-state index contributed by atoms with van der Waals surface area (Å²) in [5.41, 5.74) is 0.896. The first kappa shape index (κ1) is 10.3. The van der Waals surface area contributed by atoms with Crippen LogP contribution in [-0.2, 0) is 11.2 Å². The lowest BCUT2D eigenvalue weighted by atomic mass is 10.0. The van der Waals surface area contributed by atoms with Crippen LogP contribution in [0.2, 0.25) is 0 Å². The number of carbonyl (C=O) groups is 1. The van der Waals surface area contributed by atoms with Crippen LogP contribution in [-0.4, -0.2) is 11.1 Å². The van der Waals surface area contributed by atoms with Crippen molar-refractivity contribution in [3.05, 3.63) is 47.3 Å². The average Bonchev–Trinajstić information content (AvgIpc) is 2.78. The highest BCUT2D eigenvalue weighted by atomic mass is 32.1. The van der Waals surface area contributed by atoms with Crippen LogP contribution in [0, 0.1) is 0 Å². The number of fused-ring (bicyclic) bond motifs is 3. The van der Waals surface area contributed by atoms with Gasteiger partial charge in [0.25, 0.3) is 0 Å². The third kappa shape index (κ3) is 1.68. The summed E-state index contributed by atoms with van der Waals surface area (Å²) in [6, 6.07) is 12.1. The zero-order valence-corrected chi connectivity index (χ0v) is 9.83. The molecule has 0 aliphatic carbocycles. The van der Waals surface area contributed by atoms with E-state index in [-0.39, 0.29) is 6.42 Å². The van der Waals surface area contributed by atoms with Crippen LogP contribution < -0.4 is 0 Å². The van der Waals surface area contributed by atoms with E-state index in [1.54, 1.807) is 11.3 Å². The second-order valence-corrected chi connectivity index (χ2v) is 4.91. The quantitative estimate of drug-likeness (QED) is 0.744. The molecule has 1 N–H and O–H groups in total. The maximum atomic E-state index is 10.9. The molecule has 0 atom stereocenters. The van der Waals surface area contributed by atoms with E-state index in [2.05, 4.69) is 6.07 Å². The van der Waals surface area contributed by atoms with Crippen molar-refractivity contribution in [1.29, 1.82) is 0 Å². The standard InChI is InChI=1S/C14H10O2S/c15-13(16)8-10-7-9-3-1-2-4-11(9)14-12(10)5-6-17-14/h1-7H,8H2,(H,15,16). The molecule has 0 aliphatic heterocycles. The van der Waals surface area contributed by atoms with Crippen molar-refractivity contribution in [3.63, 3.8) is 0 Å². The fraction of sp³-hybridized carbons (Fsp3) is 0.0714. The van der Waals surface area contributed by atoms with Crippen LogP contribution in [0.25, 0.3) is 20.9 Å². The Balaban J connectivity index is 2.39. The number of thiophene rings is 1. The molecule has 17 heavy (non-hydrogen) atoms. The molecule has 1 heterocycles. The van der Waals surface area contributed by atoms with Gasteiger partial charge in [-0.2, -0.15) is 0 Å². The molecule has 84 valence electrons. The summed E-state index contributed by atoms with van der Waals surface area (Å²) >= 11 is 1.67. The summed E-state index contributed by atoms with van der Waals surface area (Å²) in [6.07, 6.45) is 0.0814. The van der Waals surface area contributed by atoms with Gasteiger partial charge in [0, 0.05) is 4.70 Å². The van der Waals surface area contributed by atoms with E-state index >= 15 is 0 Å². The van der Waals surface area contributed by atoms with Gasteiger partial charge in [-0.1, -0.05) is 24.3 Å². The highest BCUT2D eigenvalue weighted by Crippen LogP contribution is 2.32. The summed E-state index contributed by atoms with van der Waals surface area (Å²) in [4.78, 5) is 10.9. The Bertz CT molecular complexity index is 712. The lowest BCUT2D eigenvalue weighted by Crippen LogP contribution is -2.00. The van der Waals surface area contributed by atoms with Gasteiger partial charge in [-0.15, -0.1) is 11.3 Å². The second kappa shape index (κ2) is 3.86. The fourth-order valence-corrected chi connectivity index (χ4v) is 3.15. The molecule has 2 aromatic carbocycles. The minimum Gasteiger partial charge on any atom is -0.481 e. The SMILES string of the molecule is O=C(O)Cc1cc2ccccc2c2sccc12. The van der Waals surface area contributed by atoms with Gasteiger partial charge in [0.2, 0.25) is 0 Å². The number of hydrogen-bond donors (Lipinski definition) is 1. The van der Waals surface area contributed by atoms with Crippen molar-refractivity contribution in [2.45, 2.75) is 6.42 Å². The summed E-state index contributed by atoms with van der Waals surface area (Å²) in [5.74, 6) is -0.784. The van der Waals surface area contributed by atoms with Crippen LogP contribution in [0.1, 0.15) is 5.56 Å². The normalized spacial score (nSPS) is 11.1. The van der Waals surface area contributed by atoms with Crippen molar-refractivity contribution in [2.75, 3.05) is 0 Å². The molecule has 0 amide bonds. The Morgan fingerprint density at radius 3 is 2.82 bits per heavy atom. The highest BCUT2D eigenvalue weighted by molar-refractivity contribution is 7.18. The first-order valence-corrected chi connectivity index (χ1v) is 6.23. The first-order valence-electron chi connectivity index (χ1n) is 5.35. The Labute approximate surface area is 102 Å².